The van der Waals surface area contributed by atoms with Crippen LogP contribution in [-0.2, 0) is 12.0 Å². The number of benzene rings is 2. The first-order valence-corrected chi connectivity index (χ1v) is 7.56. The highest BCUT2D eigenvalue weighted by atomic mass is 35.5. The van der Waals surface area contributed by atoms with Crippen LogP contribution in [0.15, 0.2) is 48.5 Å². The predicted molar refractivity (Wildman–Crippen MR) is 87.1 cm³/mol. The summed E-state index contributed by atoms with van der Waals surface area (Å²) in [5.41, 5.74) is 1.57. The molecule has 1 unspecified atom stereocenters. The van der Waals surface area contributed by atoms with Crippen molar-refractivity contribution in [3.8, 4) is 0 Å². The normalized spacial score (nSPS) is 19.5. The highest BCUT2D eigenvalue weighted by Gasteiger charge is 2.36. The fourth-order valence-electron chi connectivity index (χ4n) is 2.81. The highest BCUT2D eigenvalue weighted by Crippen LogP contribution is 2.36. The lowest BCUT2D eigenvalue weighted by Crippen LogP contribution is -2.41. The zero-order chi connectivity index (χ0) is 15.6. The van der Waals surface area contributed by atoms with Gasteiger partial charge in [0.15, 0.2) is 0 Å². The second-order valence-corrected chi connectivity index (χ2v) is 5.88. The molecule has 0 aliphatic heterocycles. The Labute approximate surface area is 134 Å². The van der Waals surface area contributed by atoms with E-state index in [1.807, 2.05) is 24.3 Å². The van der Waals surface area contributed by atoms with Gasteiger partial charge in [-0.2, -0.15) is 0 Å². The third-order valence-electron chi connectivity index (χ3n) is 3.99. The van der Waals surface area contributed by atoms with Crippen molar-refractivity contribution >= 4 is 23.3 Å². The topological polar surface area (TPSA) is 61.4 Å². The lowest BCUT2D eigenvalue weighted by Gasteiger charge is -2.24. The molecule has 0 heterocycles. The molecular weight excluding hydrogens is 300 g/mol. The molecule has 0 radical (unpaired) electrons. The van der Waals surface area contributed by atoms with Crippen molar-refractivity contribution in [3.05, 3.63) is 64.7 Å². The van der Waals surface area contributed by atoms with Crippen LogP contribution in [0.5, 0.6) is 0 Å². The molecule has 2 aromatic rings. The molecule has 1 atom stereocenters. The minimum absolute atomic E-state index is 0.167. The van der Waals surface area contributed by atoms with E-state index in [0.717, 1.165) is 17.5 Å². The van der Waals surface area contributed by atoms with Crippen LogP contribution in [0.4, 0.5) is 10.5 Å². The van der Waals surface area contributed by atoms with E-state index < -0.39 is 5.60 Å². The van der Waals surface area contributed by atoms with E-state index in [4.69, 9.17) is 11.6 Å². The molecule has 3 N–H and O–H groups in total. The summed E-state index contributed by atoms with van der Waals surface area (Å²) in [7, 11) is 0. The molecule has 0 aromatic heterocycles. The van der Waals surface area contributed by atoms with E-state index in [0.29, 0.717) is 17.1 Å². The van der Waals surface area contributed by atoms with Crippen LogP contribution in [0.1, 0.15) is 17.5 Å². The van der Waals surface area contributed by atoms with Gasteiger partial charge in [-0.15, -0.1) is 0 Å². The number of fused-ring (bicyclic) bond motifs is 1. The Morgan fingerprint density at radius 2 is 1.91 bits per heavy atom. The number of hydrogen-bond donors (Lipinski definition) is 3. The monoisotopic (exact) mass is 316 g/mol. The lowest BCUT2D eigenvalue weighted by atomic mass is 9.96. The number of hydrogen-bond acceptors (Lipinski definition) is 2. The Morgan fingerprint density at radius 3 is 2.73 bits per heavy atom. The van der Waals surface area contributed by atoms with Crippen LogP contribution in [0, 0.1) is 0 Å². The van der Waals surface area contributed by atoms with Gasteiger partial charge in [0.25, 0.3) is 0 Å². The summed E-state index contributed by atoms with van der Waals surface area (Å²) < 4.78 is 0. The van der Waals surface area contributed by atoms with Gasteiger partial charge in [-0.05, 0) is 36.1 Å². The maximum atomic E-state index is 12.0. The van der Waals surface area contributed by atoms with Crippen LogP contribution < -0.4 is 10.6 Å². The summed E-state index contributed by atoms with van der Waals surface area (Å²) in [4.78, 5) is 12.0. The first kappa shape index (κ1) is 14.9. The number of amides is 2. The second-order valence-electron chi connectivity index (χ2n) is 5.48. The van der Waals surface area contributed by atoms with Crippen LogP contribution in [-0.4, -0.2) is 17.7 Å². The summed E-state index contributed by atoms with van der Waals surface area (Å²) in [6.45, 7) is 0.167. The van der Waals surface area contributed by atoms with Crippen molar-refractivity contribution in [3.63, 3.8) is 0 Å². The molecule has 4 nitrogen and oxygen atoms in total. The fourth-order valence-corrected chi connectivity index (χ4v) is 2.99. The minimum atomic E-state index is -1.01. The maximum Gasteiger partial charge on any atom is 0.319 e. The van der Waals surface area contributed by atoms with E-state index in [1.54, 1.807) is 24.3 Å². The van der Waals surface area contributed by atoms with Gasteiger partial charge in [-0.3, -0.25) is 0 Å². The first-order valence-electron chi connectivity index (χ1n) is 7.19. The van der Waals surface area contributed by atoms with Crippen LogP contribution >= 0.6 is 11.6 Å². The zero-order valence-corrected chi connectivity index (χ0v) is 12.7. The maximum absolute atomic E-state index is 12.0. The van der Waals surface area contributed by atoms with Gasteiger partial charge in [-0.25, -0.2) is 4.79 Å². The lowest BCUT2D eigenvalue weighted by molar-refractivity contribution is 0.0417. The molecule has 1 aliphatic carbocycles. The summed E-state index contributed by atoms with van der Waals surface area (Å²) >= 11 is 6.00. The Hall–Kier alpha value is -2.04. The van der Waals surface area contributed by atoms with Gasteiger partial charge in [-0.1, -0.05) is 48.0 Å². The molecule has 1 aliphatic rings. The quantitative estimate of drug-likeness (QED) is 0.813. The minimum Gasteiger partial charge on any atom is -0.383 e. The number of anilines is 1. The van der Waals surface area contributed by atoms with E-state index in [9.17, 15) is 9.90 Å². The first-order chi connectivity index (χ1) is 10.6. The van der Waals surface area contributed by atoms with Gasteiger partial charge in [0.1, 0.15) is 5.60 Å². The number of nitrogens with one attached hydrogen (secondary N) is 2. The molecular formula is C17H17ClN2O2. The number of rotatable bonds is 3. The number of aliphatic hydroxyl groups is 1. The van der Waals surface area contributed by atoms with Crippen molar-refractivity contribution in [1.82, 2.24) is 5.32 Å². The van der Waals surface area contributed by atoms with Gasteiger partial charge in [0.05, 0.1) is 17.3 Å². The van der Waals surface area contributed by atoms with Crippen LogP contribution in [0.25, 0.3) is 0 Å². The van der Waals surface area contributed by atoms with Crippen molar-refractivity contribution in [2.45, 2.75) is 18.4 Å². The van der Waals surface area contributed by atoms with Crippen molar-refractivity contribution in [2.24, 2.45) is 0 Å². The Bertz CT molecular complexity index is 705. The van der Waals surface area contributed by atoms with Gasteiger partial charge in [0.2, 0.25) is 0 Å². The Balaban J connectivity index is 1.63. The van der Waals surface area contributed by atoms with Crippen LogP contribution in [0.2, 0.25) is 5.02 Å². The van der Waals surface area contributed by atoms with E-state index >= 15 is 0 Å². The molecule has 0 fully saturated rings. The number of para-hydroxylation sites is 1. The smallest absolute Gasteiger partial charge is 0.319 e. The van der Waals surface area contributed by atoms with Crippen molar-refractivity contribution < 1.29 is 9.90 Å². The highest BCUT2D eigenvalue weighted by molar-refractivity contribution is 6.33. The molecule has 5 heteroatoms. The van der Waals surface area contributed by atoms with Crippen molar-refractivity contribution in [1.29, 1.82) is 0 Å². The summed E-state index contributed by atoms with van der Waals surface area (Å²) in [5, 5.41) is 16.6. The Kier molecular flexibility index (Phi) is 4.05. The molecule has 22 heavy (non-hydrogen) atoms. The summed E-state index contributed by atoms with van der Waals surface area (Å²) in [5.74, 6) is 0. The van der Waals surface area contributed by atoms with Gasteiger partial charge < -0.3 is 15.7 Å². The third kappa shape index (κ3) is 2.93. The summed E-state index contributed by atoms with van der Waals surface area (Å²) in [6, 6.07) is 14.4. The molecule has 2 aromatic carbocycles. The predicted octanol–water partition coefficient (Wildman–Crippen LogP) is 3.30. The molecule has 114 valence electrons. The van der Waals surface area contributed by atoms with E-state index in [-0.39, 0.29) is 12.6 Å². The number of carbonyl (C=O) groups excluding carboxylic acids is 1. The SMILES string of the molecule is O=C(NCC1(O)CCc2ccccc21)Nc1ccccc1Cl. The van der Waals surface area contributed by atoms with Crippen molar-refractivity contribution in [2.75, 3.05) is 11.9 Å². The second kappa shape index (κ2) is 5.99. The van der Waals surface area contributed by atoms with Crippen LogP contribution in [0.3, 0.4) is 0 Å². The number of urea groups is 1. The van der Waals surface area contributed by atoms with E-state index in [1.165, 1.54) is 0 Å². The number of halogens is 1. The molecule has 3 rings (SSSR count). The van der Waals surface area contributed by atoms with Gasteiger partial charge in [0, 0.05) is 0 Å². The molecule has 0 bridgehead atoms. The summed E-state index contributed by atoms with van der Waals surface area (Å²) in [6.07, 6.45) is 1.43. The zero-order valence-electron chi connectivity index (χ0n) is 12.0. The largest absolute Gasteiger partial charge is 0.383 e. The third-order valence-corrected chi connectivity index (χ3v) is 4.32. The molecule has 2 amide bonds. The number of carbonyl (C=O) groups is 1. The number of aryl methyl sites for hydroxylation is 1. The average molecular weight is 317 g/mol. The molecule has 0 saturated carbocycles. The van der Waals surface area contributed by atoms with Gasteiger partial charge >= 0.3 is 6.03 Å². The average Bonchev–Trinajstić information content (AvgIpc) is 2.86. The molecule has 0 spiro atoms. The molecule has 0 saturated heterocycles. The van der Waals surface area contributed by atoms with E-state index in [2.05, 4.69) is 10.6 Å². The standard InChI is InChI=1S/C17H17ClN2O2/c18-14-7-3-4-8-15(14)20-16(21)19-11-17(22)10-9-12-5-1-2-6-13(12)17/h1-8,22H,9-11H2,(H2,19,20,21). The fraction of sp³-hybridized carbons (Fsp3) is 0.235. The Morgan fingerprint density at radius 1 is 1.18 bits per heavy atom.